The van der Waals surface area contributed by atoms with E-state index in [1.54, 1.807) is 6.08 Å². The van der Waals surface area contributed by atoms with E-state index in [2.05, 4.69) is 6.92 Å². The monoisotopic (exact) mass is 544 g/mol. The molecule has 11 heteroatoms. The molecule has 33 heavy (non-hydrogen) atoms. The van der Waals surface area contributed by atoms with Crippen LogP contribution in [0, 0.1) is 11.3 Å². The van der Waals surface area contributed by atoms with E-state index >= 15 is 0 Å². The van der Waals surface area contributed by atoms with Crippen molar-refractivity contribution in [2.24, 2.45) is 0 Å². The van der Waals surface area contributed by atoms with Crippen LogP contribution in [0.4, 0.5) is 0 Å². The average molecular weight is 545 g/mol. The van der Waals surface area contributed by atoms with Crippen LogP contribution in [0.3, 0.4) is 0 Å². The standard InChI is InChI=1S/C22H38N2O5S3.K/c1-2-3-4-5-6-7-8-9-10-11-18-31(25,26)21(20-23)13-14-22-24(16-17-30-22)15-12-19-32(27,28)29;/h13-14H,2-12,15-19H2,1H3,(H,27,28,29);/q;+1/p-1. The zero-order valence-electron chi connectivity index (χ0n) is 20.1. The molecule has 0 amide bonds. The van der Waals surface area contributed by atoms with Crippen LogP contribution >= 0.6 is 11.8 Å². The molecule has 0 spiro atoms. The molecule has 0 saturated carbocycles. The van der Waals surface area contributed by atoms with Crippen molar-refractivity contribution in [2.75, 3.05) is 30.3 Å². The van der Waals surface area contributed by atoms with Gasteiger partial charge >= 0.3 is 51.4 Å². The minimum absolute atomic E-state index is 0. The van der Waals surface area contributed by atoms with Crippen molar-refractivity contribution in [3.8, 4) is 6.07 Å². The van der Waals surface area contributed by atoms with Gasteiger partial charge in [-0.1, -0.05) is 64.7 Å². The fourth-order valence-corrected chi connectivity index (χ4v) is 6.27. The first-order valence-corrected chi connectivity index (χ1v) is 15.8. The van der Waals surface area contributed by atoms with Crippen molar-refractivity contribution < 1.29 is 72.8 Å². The molecule has 0 atom stereocenters. The first-order valence-electron chi connectivity index (χ1n) is 11.6. The molecule has 1 aliphatic heterocycles. The molecule has 7 nitrogen and oxygen atoms in total. The summed E-state index contributed by atoms with van der Waals surface area (Å²) in [6, 6.07) is 1.81. The summed E-state index contributed by atoms with van der Waals surface area (Å²) in [4.78, 5) is 1.67. The molecule has 0 radical (unpaired) electrons. The smallest absolute Gasteiger partial charge is 0.748 e. The van der Waals surface area contributed by atoms with E-state index in [1.165, 1.54) is 56.4 Å². The van der Waals surface area contributed by atoms with Gasteiger partial charge in [0.2, 0.25) is 0 Å². The zero-order chi connectivity index (χ0) is 23.9. The van der Waals surface area contributed by atoms with E-state index in [9.17, 15) is 26.7 Å². The number of allylic oxidation sites excluding steroid dienone is 3. The molecule has 0 aromatic heterocycles. The van der Waals surface area contributed by atoms with Crippen LogP contribution in [0.1, 0.15) is 77.6 Å². The maximum Gasteiger partial charge on any atom is 1.00 e. The average Bonchev–Trinajstić information content (AvgIpc) is 3.16. The third-order valence-electron chi connectivity index (χ3n) is 5.33. The molecule has 0 aromatic carbocycles. The van der Waals surface area contributed by atoms with Crippen LogP contribution < -0.4 is 51.4 Å². The van der Waals surface area contributed by atoms with Gasteiger partial charge < -0.3 is 9.45 Å². The Kier molecular flexibility index (Phi) is 19.2. The first kappa shape index (κ1) is 33.6. The Hall–Kier alpha value is 0.616. The zero-order valence-corrected chi connectivity index (χ0v) is 25.7. The third kappa shape index (κ3) is 16.1. The number of nitrogens with zero attached hydrogens (tertiary/aromatic N) is 2. The number of hydrogen-bond donors (Lipinski definition) is 0. The van der Waals surface area contributed by atoms with Gasteiger partial charge in [-0.15, -0.1) is 11.8 Å². The topological polar surface area (TPSA) is 118 Å². The molecule has 1 rings (SSSR count). The molecule has 0 unspecified atom stereocenters. The molecule has 0 bridgehead atoms. The van der Waals surface area contributed by atoms with Gasteiger partial charge in [-0.3, -0.25) is 0 Å². The first-order chi connectivity index (χ1) is 15.2. The van der Waals surface area contributed by atoms with E-state index in [1.807, 2.05) is 11.0 Å². The maximum absolute atomic E-state index is 12.5. The molecule has 0 N–H and O–H groups in total. The molecule has 1 fully saturated rings. The second-order valence-corrected chi connectivity index (χ2v) is 12.8. The van der Waals surface area contributed by atoms with Crippen LogP contribution in [0.2, 0.25) is 0 Å². The summed E-state index contributed by atoms with van der Waals surface area (Å²) in [5.74, 6) is 0.343. The van der Waals surface area contributed by atoms with Crippen LogP contribution in [0.25, 0.3) is 0 Å². The summed E-state index contributed by atoms with van der Waals surface area (Å²) in [5, 5.41) is 10.1. The van der Waals surface area contributed by atoms with Gasteiger partial charge in [-0.05, 0) is 25.0 Å². The summed E-state index contributed by atoms with van der Waals surface area (Å²) >= 11 is 1.52. The summed E-state index contributed by atoms with van der Waals surface area (Å²) in [6.45, 7) is 3.30. The summed E-state index contributed by atoms with van der Waals surface area (Å²) in [7, 11) is -7.86. The Bertz CT molecular complexity index is 865. The van der Waals surface area contributed by atoms with Crippen LogP contribution in [-0.4, -0.2) is 56.6 Å². The molecule has 1 saturated heterocycles. The molecular formula is C22H37KN2O5S3. The number of thioether (sulfide) groups is 1. The second kappa shape index (κ2) is 18.8. The Morgan fingerprint density at radius 2 is 1.58 bits per heavy atom. The van der Waals surface area contributed by atoms with Gasteiger partial charge in [0.25, 0.3) is 0 Å². The minimum Gasteiger partial charge on any atom is -0.748 e. The predicted octanol–water partition coefficient (Wildman–Crippen LogP) is 1.56. The largest absolute Gasteiger partial charge is 1.00 e. The molecular weight excluding hydrogens is 508 g/mol. The van der Waals surface area contributed by atoms with Gasteiger partial charge in [0, 0.05) is 24.6 Å². The summed E-state index contributed by atoms with van der Waals surface area (Å²) in [5.41, 5.74) is 0. The van der Waals surface area contributed by atoms with E-state index in [4.69, 9.17) is 0 Å². The van der Waals surface area contributed by atoms with Gasteiger partial charge in [-0.25, -0.2) is 16.8 Å². The van der Waals surface area contributed by atoms with Crippen LogP contribution in [0.5, 0.6) is 0 Å². The molecule has 184 valence electrons. The minimum atomic E-state index is -4.24. The van der Waals surface area contributed by atoms with Crippen molar-refractivity contribution >= 4 is 31.7 Å². The van der Waals surface area contributed by atoms with E-state index in [0.29, 0.717) is 19.5 Å². The molecule has 1 aliphatic rings. The maximum atomic E-state index is 12.5. The van der Waals surface area contributed by atoms with Gasteiger partial charge in [0.05, 0.1) is 20.9 Å². The van der Waals surface area contributed by atoms with Crippen LogP contribution in [0.15, 0.2) is 22.1 Å². The van der Waals surface area contributed by atoms with Crippen molar-refractivity contribution in [1.82, 2.24) is 4.90 Å². The Balaban J connectivity index is 0.0000102. The third-order valence-corrected chi connectivity index (χ3v) is 8.92. The summed E-state index contributed by atoms with van der Waals surface area (Å²) in [6.07, 6.45) is 14.3. The van der Waals surface area contributed by atoms with Crippen molar-refractivity contribution in [2.45, 2.75) is 77.6 Å². The number of rotatable bonds is 17. The summed E-state index contributed by atoms with van der Waals surface area (Å²) < 4.78 is 57.3. The van der Waals surface area contributed by atoms with Gasteiger partial charge in [-0.2, -0.15) is 5.26 Å². The number of nitriles is 1. The van der Waals surface area contributed by atoms with Crippen molar-refractivity contribution in [3.05, 3.63) is 22.1 Å². The fraction of sp³-hybridized carbons (Fsp3) is 0.773. The van der Waals surface area contributed by atoms with E-state index in [0.717, 1.165) is 30.0 Å². The van der Waals surface area contributed by atoms with Crippen molar-refractivity contribution in [3.63, 3.8) is 0 Å². The Labute approximate surface area is 247 Å². The Morgan fingerprint density at radius 1 is 1.00 bits per heavy atom. The number of sulfone groups is 1. The normalized spacial score (nSPS) is 16.1. The molecule has 0 aliphatic carbocycles. The Morgan fingerprint density at radius 3 is 2.12 bits per heavy atom. The number of hydrogen-bond acceptors (Lipinski definition) is 8. The quantitative estimate of drug-likeness (QED) is 0.117. The van der Waals surface area contributed by atoms with Crippen molar-refractivity contribution in [1.29, 1.82) is 5.26 Å². The van der Waals surface area contributed by atoms with E-state index < -0.39 is 25.7 Å². The van der Waals surface area contributed by atoms with Gasteiger partial charge in [0.15, 0.2) is 9.84 Å². The molecule has 1 heterocycles. The van der Waals surface area contributed by atoms with E-state index in [-0.39, 0.29) is 68.5 Å². The SMILES string of the molecule is CCCCCCCCCCCCS(=O)(=O)C(C#N)=CC=C1SCCN1CCCS(=O)(=O)[O-].[K+]. The predicted molar refractivity (Wildman–Crippen MR) is 131 cm³/mol. The number of unbranched alkanes of at least 4 members (excludes halogenated alkanes) is 9. The second-order valence-electron chi connectivity index (χ2n) is 8.10. The van der Waals surface area contributed by atoms with Gasteiger partial charge in [0.1, 0.15) is 11.0 Å². The van der Waals surface area contributed by atoms with Crippen LogP contribution in [-0.2, 0) is 20.0 Å². The fourth-order valence-electron chi connectivity index (χ4n) is 3.52. The molecule has 0 aromatic rings.